The van der Waals surface area contributed by atoms with E-state index >= 15 is 0 Å². The molecule has 0 unspecified atom stereocenters. The summed E-state index contributed by atoms with van der Waals surface area (Å²) >= 11 is 0. The van der Waals surface area contributed by atoms with Crippen LogP contribution in [-0.2, 0) is 9.59 Å². The van der Waals surface area contributed by atoms with Crippen LogP contribution in [0.1, 0.15) is 33.6 Å². The molecule has 1 fully saturated rings. The summed E-state index contributed by atoms with van der Waals surface area (Å²) in [6.07, 6.45) is 1.38. The molecule has 7 heteroatoms. The zero-order valence-corrected chi connectivity index (χ0v) is 14.3. The van der Waals surface area contributed by atoms with Crippen molar-refractivity contribution < 1.29 is 14.4 Å². The predicted octanol–water partition coefficient (Wildman–Crippen LogP) is 1.85. The minimum Gasteiger partial charge on any atom is -0.374 e. The molecule has 1 aromatic carbocycles. The quantitative estimate of drug-likeness (QED) is 0.785. The Morgan fingerprint density at radius 1 is 1.21 bits per heavy atom. The van der Waals surface area contributed by atoms with Gasteiger partial charge in [0, 0.05) is 18.5 Å². The molecule has 1 aliphatic rings. The normalized spacial score (nSPS) is 14.5. The Morgan fingerprint density at radius 3 is 2.54 bits per heavy atom. The molecule has 1 aromatic rings. The molecule has 0 spiro atoms. The number of rotatable bonds is 4. The Labute approximate surface area is 141 Å². The molecular formula is C17H24N4O3. The summed E-state index contributed by atoms with van der Waals surface area (Å²) in [5, 5.41) is 7.92. The van der Waals surface area contributed by atoms with Crippen molar-refractivity contribution in [3.8, 4) is 0 Å². The molecule has 130 valence electrons. The number of nitrogens with zero attached hydrogens (tertiary/aromatic N) is 1. The number of imide groups is 1. The van der Waals surface area contributed by atoms with E-state index in [1.807, 2.05) is 45.0 Å². The van der Waals surface area contributed by atoms with Gasteiger partial charge in [-0.15, -0.1) is 0 Å². The van der Waals surface area contributed by atoms with Crippen LogP contribution >= 0.6 is 0 Å². The summed E-state index contributed by atoms with van der Waals surface area (Å²) in [5.74, 6) is -0.363. The highest BCUT2D eigenvalue weighted by Gasteiger charge is 2.23. The lowest BCUT2D eigenvalue weighted by Crippen LogP contribution is -2.49. The maximum atomic E-state index is 11.9. The first-order valence-electron chi connectivity index (χ1n) is 8.01. The van der Waals surface area contributed by atoms with Gasteiger partial charge in [0.25, 0.3) is 0 Å². The van der Waals surface area contributed by atoms with Crippen molar-refractivity contribution in [3.05, 3.63) is 24.3 Å². The molecular weight excluding hydrogens is 308 g/mol. The third-order valence-corrected chi connectivity index (χ3v) is 3.45. The van der Waals surface area contributed by atoms with E-state index in [4.69, 9.17) is 0 Å². The van der Waals surface area contributed by atoms with Crippen molar-refractivity contribution in [3.63, 3.8) is 0 Å². The lowest BCUT2D eigenvalue weighted by Gasteiger charge is -2.21. The fourth-order valence-electron chi connectivity index (χ4n) is 2.48. The van der Waals surface area contributed by atoms with Gasteiger partial charge in [0.15, 0.2) is 0 Å². The Hall–Kier alpha value is -2.57. The molecule has 0 aliphatic carbocycles. The largest absolute Gasteiger partial charge is 0.374 e. The number of anilines is 2. The van der Waals surface area contributed by atoms with Gasteiger partial charge in [-0.05, 0) is 39.3 Å². The van der Waals surface area contributed by atoms with Gasteiger partial charge in [-0.25, -0.2) is 4.79 Å². The van der Waals surface area contributed by atoms with Crippen molar-refractivity contribution in [1.29, 1.82) is 0 Å². The van der Waals surface area contributed by atoms with Crippen molar-refractivity contribution in [2.45, 2.75) is 39.2 Å². The SMILES string of the molecule is CC(C)(C)NC(=O)NC(=O)CNc1ccccc1N1CCCC1=O. The maximum absolute atomic E-state index is 11.9. The van der Waals surface area contributed by atoms with Crippen molar-refractivity contribution in [1.82, 2.24) is 10.6 Å². The van der Waals surface area contributed by atoms with Gasteiger partial charge in [0.2, 0.25) is 11.8 Å². The Bertz CT molecular complexity index is 637. The van der Waals surface area contributed by atoms with Gasteiger partial charge in [0.1, 0.15) is 0 Å². The molecule has 1 aliphatic heterocycles. The number of benzene rings is 1. The Balaban J connectivity index is 1.94. The van der Waals surface area contributed by atoms with E-state index in [0.29, 0.717) is 18.7 Å². The summed E-state index contributed by atoms with van der Waals surface area (Å²) < 4.78 is 0. The molecule has 4 amide bonds. The van der Waals surface area contributed by atoms with Crippen LogP contribution < -0.4 is 20.9 Å². The summed E-state index contributed by atoms with van der Waals surface area (Å²) in [5.41, 5.74) is 1.03. The van der Waals surface area contributed by atoms with Crippen LogP contribution in [0.2, 0.25) is 0 Å². The number of carbonyl (C=O) groups excluding carboxylic acids is 3. The first-order chi connectivity index (χ1) is 11.3. The van der Waals surface area contributed by atoms with E-state index < -0.39 is 17.5 Å². The molecule has 0 bridgehead atoms. The fraction of sp³-hybridized carbons (Fsp3) is 0.471. The molecule has 0 radical (unpaired) electrons. The first-order valence-corrected chi connectivity index (χ1v) is 8.01. The van der Waals surface area contributed by atoms with Crippen LogP contribution in [0.25, 0.3) is 0 Å². The first kappa shape index (κ1) is 17.8. The van der Waals surface area contributed by atoms with E-state index in [0.717, 1.165) is 12.1 Å². The topological polar surface area (TPSA) is 90.5 Å². The highest BCUT2D eigenvalue weighted by atomic mass is 16.2. The third kappa shape index (κ3) is 4.97. The standard InChI is InChI=1S/C17H24N4O3/c1-17(2,3)20-16(24)19-14(22)11-18-12-7-4-5-8-13(12)21-10-6-9-15(21)23/h4-5,7-8,18H,6,9-11H2,1-3H3,(H2,19,20,22,24). The summed E-state index contributed by atoms with van der Waals surface area (Å²) in [6, 6.07) is 6.80. The summed E-state index contributed by atoms with van der Waals surface area (Å²) in [4.78, 5) is 37.2. The Morgan fingerprint density at radius 2 is 1.92 bits per heavy atom. The number of carbonyl (C=O) groups is 3. The second-order valence-corrected chi connectivity index (χ2v) is 6.77. The van der Waals surface area contributed by atoms with Gasteiger partial charge in [-0.2, -0.15) is 0 Å². The van der Waals surface area contributed by atoms with Crippen LogP contribution in [0.4, 0.5) is 16.2 Å². The average Bonchev–Trinajstić information content (AvgIpc) is 2.89. The van der Waals surface area contributed by atoms with Crippen LogP contribution in [-0.4, -0.2) is 36.5 Å². The van der Waals surface area contributed by atoms with Crippen LogP contribution in [0.15, 0.2) is 24.3 Å². The van der Waals surface area contributed by atoms with Gasteiger partial charge in [0.05, 0.1) is 17.9 Å². The van der Waals surface area contributed by atoms with E-state index in [-0.39, 0.29) is 12.5 Å². The molecule has 1 saturated heterocycles. The van der Waals surface area contributed by atoms with Gasteiger partial charge < -0.3 is 15.5 Å². The second-order valence-electron chi connectivity index (χ2n) is 6.77. The molecule has 2 rings (SSSR count). The van der Waals surface area contributed by atoms with Gasteiger partial charge in [-0.3, -0.25) is 14.9 Å². The van der Waals surface area contributed by atoms with Crippen LogP contribution in [0, 0.1) is 0 Å². The molecule has 7 nitrogen and oxygen atoms in total. The zero-order chi connectivity index (χ0) is 17.7. The minimum atomic E-state index is -0.530. The molecule has 3 N–H and O–H groups in total. The van der Waals surface area contributed by atoms with Crippen molar-refractivity contribution in [2.75, 3.05) is 23.3 Å². The zero-order valence-electron chi connectivity index (χ0n) is 14.3. The fourth-order valence-corrected chi connectivity index (χ4v) is 2.48. The number of urea groups is 1. The van der Waals surface area contributed by atoms with Gasteiger partial charge in [-0.1, -0.05) is 12.1 Å². The minimum absolute atomic E-state index is 0.0589. The van der Waals surface area contributed by atoms with Gasteiger partial charge >= 0.3 is 6.03 Å². The maximum Gasteiger partial charge on any atom is 0.321 e. The summed E-state index contributed by atoms with van der Waals surface area (Å²) in [7, 11) is 0. The number of nitrogens with one attached hydrogen (secondary N) is 3. The Kier molecular flexibility index (Phi) is 5.43. The van der Waals surface area contributed by atoms with Crippen LogP contribution in [0.5, 0.6) is 0 Å². The third-order valence-electron chi connectivity index (χ3n) is 3.45. The number of amides is 4. The van der Waals surface area contributed by atoms with E-state index in [1.165, 1.54) is 0 Å². The van der Waals surface area contributed by atoms with Crippen molar-refractivity contribution >= 4 is 29.2 Å². The number of hydrogen-bond donors (Lipinski definition) is 3. The molecule has 0 saturated carbocycles. The smallest absolute Gasteiger partial charge is 0.321 e. The lowest BCUT2D eigenvalue weighted by molar-refractivity contribution is -0.118. The highest BCUT2D eigenvalue weighted by molar-refractivity contribution is 6.00. The predicted molar refractivity (Wildman–Crippen MR) is 92.9 cm³/mol. The molecule has 0 aromatic heterocycles. The number of para-hydroxylation sites is 2. The monoisotopic (exact) mass is 332 g/mol. The molecule has 0 atom stereocenters. The number of hydrogen-bond acceptors (Lipinski definition) is 4. The van der Waals surface area contributed by atoms with E-state index in [1.54, 1.807) is 4.90 Å². The van der Waals surface area contributed by atoms with E-state index in [2.05, 4.69) is 16.0 Å². The average molecular weight is 332 g/mol. The van der Waals surface area contributed by atoms with Crippen molar-refractivity contribution in [2.24, 2.45) is 0 Å². The molecule has 1 heterocycles. The second kappa shape index (κ2) is 7.33. The highest BCUT2D eigenvalue weighted by Crippen LogP contribution is 2.29. The summed E-state index contributed by atoms with van der Waals surface area (Å²) in [6.45, 7) is 6.12. The van der Waals surface area contributed by atoms with Crippen LogP contribution in [0.3, 0.4) is 0 Å². The lowest BCUT2D eigenvalue weighted by atomic mass is 10.1. The van der Waals surface area contributed by atoms with E-state index in [9.17, 15) is 14.4 Å². The molecule has 24 heavy (non-hydrogen) atoms.